The molecule has 268 valence electrons. The van der Waals surface area contributed by atoms with Gasteiger partial charge in [0.2, 0.25) is 0 Å². The highest BCUT2D eigenvalue weighted by Crippen LogP contribution is 2.56. The minimum absolute atomic E-state index is 0.00546. The zero-order chi connectivity index (χ0) is 36.5. The van der Waals surface area contributed by atoms with E-state index >= 15 is 8.78 Å². The van der Waals surface area contributed by atoms with E-state index in [9.17, 15) is 13.6 Å². The van der Waals surface area contributed by atoms with Crippen molar-refractivity contribution in [3.8, 4) is 11.5 Å². The van der Waals surface area contributed by atoms with E-state index < -0.39 is 47.2 Å². The van der Waals surface area contributed by atoms with Crippen LogP contribution in [0.1, 0.15) is 67.3 Å². The lowest BCUT2D eigenvalue weighted by Gasteiger charge is -2.48. The normalized spacial score (nSPS) is 23.2. The van der Waals surface area contributed by atoms with E-state index in [1.807, 2.05) is 91.0 Å². The molecule has 6 aromatic rings. The van der Waals surface area contributed by atoms with Gasteiger partial charge in [0.25, 0.3) is 5.92 Å². The standard InChI is InChI=1S/C42H36F4N6O/c1-24(53)33-25-17-19-26(20-18-25)35(33)48-38-34(44)37(32-22-41(32,45)46)49-39(50-38)36-31-21-30(43)23-47-40(31)52(51-36)42(27-11-5-2-6-12-27,28-13-7-3-8-14-28)29-15-9-4-10-16-29/h2-16,21,23,25-26,32-33,35H,17-20,22H2,1H3,(H,48,49,50)/t25?,26?,32?,33-,35-/m0/s1. The zero-order valence-electron chi connectivity index (χ0n) is 28.9. The van der Waals surface area contributed by atoms with E-state index in [4.69, 9.17) is 5.10 Å². The molecule has 4 saturated carbocycles. The summed E-state index contributed by atoms with van der Waals surface area (Å²) in [5.41, 5.74) is 1.19. The van der Waals surface area contributed by atoms with E-state index in [0.717, 1.165) is 48.6 Å². The number of hydrogen-bond donors (Lipinski definition) is 1. The fourth-order valence-corrected chi connectivity index (χ4v) is 9.09. The van der Waals surface area contributed by atoms with E-state index in [1.54, 1.807) is 11.6 Å². The SMILES string of the molecule is CC(=O)[C@H]1C2CCC(CC2)[C@@H]1Nc1nc(-c2nn(C(c3ccccc3)(c3ccccc3)c3ccccc3)c3ncc(F)cc23)nc(C2CC2(F)F)c1F. The van der Waals surface area contributed by atoms with Crippen molar-refractivity contribution in [1.82, 2.24) is 24.7 Å². The Bertz CT molecular complexity index is 2230. The number of alkyl halides is 2. The number of fused-ring (bicyclic) bond motifs is 4. The van der Waals surface area contributed by atoms with Gasteiger partial charge in [-0.1, -0.05) is 91.0 Å². The van der Waals surface area contributed by atoms with Gasteiger partial charge in [-0.25, -0.2) is 37.2 Å². The molecular weight excluding hydrogens is 680 g/mol. The number of anilines is 1. The second-order valence-electron chi connectivity index (χ2n) is 14.7. The summed E-state index contributed by atoms with van der Waals surface area (Å²) in [6, 6.07) is 30.0. The summed E-state index contributed by atoms with van der Waals surface area (Å²) >= 11 is 0. The Labute approximate surface area is 303 Å². The molecule has 11 heteroatoms. The van der Waals surface area contributed by atoms with Gasteiger partial charge in [-0.3, -0.25) is 4.79 Å². The first-order valence-corrected chi connectivity index (χ1v) is 18.1. The van der Waals surface area contributed by atoms with Crippen LogP contribution in [0.25, 0.3) is 22.6 Å². The number of carbonyl (C=O) groups is 1. The molecule has 4 aliphatic rings. The highest BCUT2D eigenvalue weighted by molar-refractivity contribution is 5.90. The van der Waals surface area contributed by atoms with Crippen LogP contribution in [0.4, 0.5) is 23.4 Å². The molecule has 2 bridgehead atoms. The summed E-state index contributed by atoms with van der Waals surface area (Å²) in [5.74, 6) is -6.74. The van der Waals surface area contributed by atoms with Crippen molar-refractivity contribution in [2.45, 2.75) is 62.4 Å². The number of nitrogens with zero attached hydrogens (tertiary/aromatic N) is 5. The predicted octanol–water partition coefficient (Wildman–Crippen LogP) is 8.94. The fourth-order valence-electron chi connectivity index (χ4n) is 9.09. The van der Waals surface area contributed by atoms with Gasteiger partial charge in [-0.05, 0) is 67.2 Å². The number of Topliss-reactive ketones (excluding diaryl/α,β-unsaturated/α-hetero) is 1. The molecule has 0 saturated heterocycles. The van der Waals surface area contributed by atoms with Crippen LogP contribution in [0.3, 0.4) is 0 Å². The molecular formula is C42H36F4N6O. The summed E-state index contributed by atoms with van der Waals surface area (Å²) in [7, 11) is 0. The number of hydrogen-bond acceptors (Lipinski definition) is 6. The largest absolute Gasteiger partial charge is 0.364 e. The molecule has 1 N–H and O–H groups in total. The molecule has 1 unspecified atom stereocenters. The van der Waals surface area contributed by atoms with Crippen LogP contribution in [-0.4, -0.2) is 42.5 Å². The van der Waals surface area contributed by atoms with Crippen molar-refractivity contribution in [1.29, 1.82) is 0 Å². The van der Waals surface area contributed by atoms with Gasteiger partial charge < -0.3 is 5.32 Å². The molecule has 3 aromatic carbocycles. The topological polar surface area (TPSA) is 85.6 Å². The van der Waals surface area contributed by atoms with Crippen molar-refractivity contribution >= 4 is 22.6 Å². The molecule has 0 amide bonds. The Morgan fingerprint density at radius 1 is 0.830 bits per heavy atom. The van der Waals surface area contributed by atoms with E-state index in [-0.39, 0.29) is 51.9 Å². The molecule has 53 heavy (non-hydrogen) atoms. The van der Waals surface area contributed by atoms with E-state index in [0.29, 0.717) is 0 Å². The maximum atomic E-state index is 16.5. The minimum Gasteiger partial charge on any atom is -0.364 e. The average molecular weight is 717 g/mol. The van der Waals surface area contributed by atoms with Gasteiger partial charge >= 0.3 is 0 Å². The monoisotopic (exact) mass is 716 g/mol. The Hall–Kier alpha value is -5.45. The second kappa shape index (κ2) is 12.6. The smallest absolute Gasteiger partial charge is 0.257 e. The van der Waals surface area contributed by atoms with Crippen LogP contribution < -0.4 is 5.32 Å². The molecule has 0 radical (unpaired) electrons. The minimum atomic E-state index is -3.15. The summed E-state index contributed by atoms with van der Waals surface area (Å²) < 4.78 is 62.9. The third-order valence-corrected chi connectivity index (χ3v) is 11.6. The number of aromatic nitrogens is 5. The zero-order valence-corrected chi connectivity index (χ0v) is 28.9. The third kappa shape index (κ3) is 5.42. The lowest BCUT2D eigenvalue weighted by atomic mass is 9.60. The van der Waals surface area contributed by atoms with Crippen LogP contribution in [0.15, 0.2) is 103 Å². The first-order chi connectivity index (χ1) is 25.7. The van der Waals surface area contributed by atoms with Crippen LogP contribution in [0.2, 0.25) is 0 Å². The van der Waals surface area contributed by atoms with Gasteiger partial charge in [-0.15, -0.1) is 0 Å². The number of pyridine rings is 1. The molecule has 4 fully saturated rings. The Balaban J connectivity index is 1.30. The Morgan fingerprint density at radius 3 is 1.91 bits per heavy atom. The molecule has 10 rings (SSSR count). The lowest BCUT2D eigenvalue weighted by molar-refractivity contribution is -0.126. The van der Waals surface area contributed by atoms with Gasteiger partial charge in [0.1, 0.15) is 22.8 Å². The first kappa shape index (κ1) is 33.4. The molecule has 0 aliphatic heterocycles. The maximum Gasteiger partial charge on any atom is 0.257 e. The quantitative estimate of drug-likeness (QED) is 0.119. The third-order valence-electron chi connectivity index (χ3n) is 11.6. The van der Waals surface area contributed by atoms with E-state index in [1.165, 1.54) is 6.07 Å². The molecule has 4 aliphatic carbocycles. The highest BCUT2D eigenvalue weighted by Gasteiger charge is 2.60. The predicted molar refractivity (Wildman–Crippen MR) is 192 cm³/mol. The summed E-state index contributed by atoms with van der Waals surface area (Å²) in [4.78, 5) is 26.6. The van der Waals surface area contributed by atoms with Crippen molar-refractivity contribution in [3.05, 3.63) is 137 Å². The average Bonchev–Trinajstić information content (AvgIpc) is 3.66. The number of carbonyl (C=O) groups excluding carboxylic acids is 1. The summed E-state index contributed by atoms with van der Waals surface area (Å²) in [5, 5.41) is 8.58. The lowest BCUT2D eigenvalue weighted by Crippen LogP contribution is -2.51. The molecule has 3 atom stereocenters. The molecule has 3 heterocycles. The van der Waals surface area contributed by atoms with Gasteiger partial charge in [0, 0.05) is 18.4 Å². The van der Waals surface area contributed by atoms with Crippen molar-refractivity contribution in [2.24, 2.45) is 17.8 Å². The summed E-state index contributed by atoms with van der Waals surface area (Å²) in [6.45, 7) is 1.55. The fraction of sp³-hybridized carbons (Fsp3) is 0.310. The van der Waals surface area contributed by atoms with Gasteiger partial charge in [-0.2, -0.15) is 5.10 Å². The van der Waals surface area contributed by atoms with Crippen LogP contribution in [-0.2, 0) is 10.3 Å². The number of halogens is 4. The van der Waals surface area contributed by atoms with Crippen LogP contribution in [0.5, 0.6) is 0 Å². The van der Waals surface area contributed by atoms with Crippen molar-refractivity contribution in [3.63, 3.8) is 0 Å². The number of nitrogens with one attached hydrogen (secondary N) is 1. The maximum absolute atomic E-state index is 16.5. The molecule has 7 nitrogen and oxygen atoms in total. The van der Waals surface area contributed by atoms with Crippen molar-refractivity contribution < 1.29 is 22.4 Å². The Kier molecular flexibility index (Phi) is 7.94. The first-order valence-electron chi connectivity index (χ1n) is 18.1. The number of rotatable bonds is 9. The summed E-state index contributed by atoms with van der Waals surface area (Å²) in [6.07, 6.45) is 4.12. The van der Waals surface area contributed by atoms with Crippen LogP contribution in [0, 0.1) is 29.4 Å². The van der Waals surface area contributed by atoms with E-state index in [2.05, 4.69) is 20.3 Å². The second-order valence-corrected chi connectivity index (χ2v) is 14.7. The number of benzene rings is 3. The van der Waals surface area contributed by atoms with Crippen molar-refractivity contribution in [2.75, 3.05) is 5.32 Å². The Morgan fingerprint density at radius 2 is 1.38 bits per heavy atom. The van der Waals surface area contributed by atoms with Gasteiger partial charge in [0.05, 0.1) is 23.2 Å². The molecule has 0 spiro atoms. The van der Waals surface area contributed by atoms with Gasteiger partial charge in [0.15, 0.2) is 23.1 Å². The number of ketones is 1. The highest BCUT2D eigenvalue weighted by atomic mass is 19.3. The molecule has 3 aromatic heterocycles. The van der Waals surface area contributed by atoms with Crippen LogP contribution >= 0.6 is 0 Å².